The van der Waals surface area contributed by atoms with Gasteiger partial charge in [-0.05, 0) is 19.1 Å². The zero-order chi connectivity index (χ0) is 26.3. The number of ether oxygens (including phenoxy) is 1. The molecule has 190 valence electrons. The number of amides is 3. The van der Waals surface area contributed by atoms with Gasteiger partial charge >= 0.3 is 12.1 Å². The number of phenols is 2. The molecule has 16 heteroatoms. The molecule has 2 fully saturated rings. The number of phenolic OH excluding ortho intramolecular Hbond substituents is 2. The molecule has 1 aromatic carbocycles. The number of halogens is 1. The summed E-state index contributed by atoms with van der Waals surface area (Å²) in [5.41, 5.74) is -0.218. The second kappa shape index (κ2) is 9.22. The van der Waals surface area contributed by atoms with E-state index in [-0.39, 0.29) is 12.0 Å². The van der Waals surface area contributed by atoms with Crippen LogP contribution in [0.2, 0.25) is 5.02 Å². The van der Waals surface area contributed by atoms with E-state index in [1.165, 1.54) is 0 Å². The van der Waals surface area contributed by atoms with Gasteiger partial charge in [0.1, 0.15) is 16.7 Å². The lowest BCUT2D eigenvalue weighted by molar-refractivity contribution is -0.158. The highest BCUT2D eigenvalue weighted by atomic mass is 35.5. The Kier molecular flexibility index (Phi) is 6.86. The number of sulfone groups is 1. The number of alkyl carbamates (subject to hydrolysis) is 1. The smallest absolute Gasteiger partial charge is 0.407 e. The molecule has 2 saturated heterocycles. The number of hydrogen-bond donors (Lipinski definition) is 5. The van der Waals surface area contributed by atoms with Crippen molar-refractivity contribution in [3.05, 3.63) is 22.7 Å². The van der Waals surface area contributed by atoms with Crippen LogP contribution in [0.25, 0.3) is 0 Å². The average molecular weight is 534 g/mol. The molecule has 3 rings (SSSR count). The molecular formula is C19H20ClN3O11S. The van der Waals surface area contributed by atoms with Gasteiger partial charge < -0.3 is 35.6 Å². The number of β-lactam (4-membered cyclic amide) rings is 1. The van der Waals surface area contributed by atoms with E-state index in [1.54, 1.807) is 0 Å². The van der Waals surface area contributed by atoms with Gasteiger partial charge in [0.15, 0.2) is 33.2 Å². The number of carbonyl (C=O) groups excluding carboxylic acids is 4. The van der Waals surface area contributed by atoms with Crippen molar-refractivity contribution in [3.8, 4) is 11.5 Å². The quantitative estimate of drug-likeness (QED) is 0.201. The molecule has 14 nitrogen and oxygen atoms in total. The number of hydrogen-bond acceptors (Lipinski definition) is 10. The van der Waals surface area contributed by atoms with Gasteiger partial charge in [0.05, 0.1) is 30.1 Å². The molecule has 5 N–H and O–H groups in total. The molecule has 0 aromatic heterocycles. The van der Waals surface area contributed by atoms with Crippen molar-refractivity contribution in [2.75, 3.05) is 19.7 Å². The van der Waals surface area contributed by atoms with Crippen LogP contribution in [0.1, 0.15) is 23.7 Å². The summed E-state index contributed by atoms with van der Waals surface area (Å²) < 4.78 is 28.2. The van der Waals surface area contributed by atoms with Gasteiger partial charge in [0.25, 0.3) is 5.91 Å². The van der Waals surface area contributed by atoms with Gasteiger partial charge in [-0.1, -0.05) is 11.6 Å². The summed E-state index contributed by atoms with van der Waals surface area (Å²) in [4.78, 5) is 60.2. The number of carboxylic acid groups (broad SMARTS) is 1. The van der Waals surface area contributed by atoms with Crippen LogP contribution in [0.15, 0.2) is 12.1 Å². The Morgan fingerprint density at radius 3 is 2.43 bits per heavy atom. The summed E-state index contributed by atoms with van der Waals surface area (Å²) in [6.45, 7) is -1.02. The molecule has 3 amide bonds. The first-order valence-electron chi connectivity index (χ1n) is 9.90. The van der Waals surface area contributed by atoms with Gasteiger partial charge in [-0.3, -0.25) is 14.4 Å². The second-order valence-electron chi connectivity index (χ2n) is 8.00. The van der Waals surface area contributed by atoms with Gasteiger partial charge in [0, 0.05) is 0 Å². The predicted molar refractivity (Wildman–Crippen MR) is 115 cm³/mol. The fourth-order valence-electron chi connectivity index (χ4n) is 3.77. The third kappa shape index (κ3) is 4.43. The molecule has 0 bridgehead atoms. The fourth-order valence-corrected chi connectivity index (χ4v) is 6.29. The van der Waals surface area contributed by atoms with Crippen LogP contribution in [0.3, 0.4) is 0 Å². The lowest BCUT2D eigenvalue weighted by Gasteiger charge is -2.35. The van der Waals surface area contributed by atoms with Crippen molar-refractivity contribution < 1.29 is 52.4 Å². The third-order valence-corrected chi connectivity index (χ3v) is 8.89. The highest BCUT2D eigenvalue weighted by Gasteiger charge is 2.70. The fraction of sp³-hybridized carbons (Fsp3) is 0.421. The summed E-state index contributed by atoms with van der Waals surface area (Å²) in [5, 5.41) is 30.9. The Morgan fingerprint density at radius 1 is 1.20 bits per heavy atom. The monoisotopic (exact) mass is 533 g/mol. The van der Waals surface area contributed by atoms with E-state index in [0.29, 0.717) is 0 Å². The zero-order valence-electron chi connectivity index (χ0n) is 18.0. The van der Waals surface area contributed by atoms with Crippen LogP contribution in [0.5, 0.6) is 11.5 Å². The average Bonchev–Trinajstić information content (AvgIpc) is 2.93. The molecule has 2 aliphatic rings. The topological polar surface area (TPSA) is 217 Å². The molecule has 0 radical (unpaired) electrons. The van der Waals surface area contributed by atoms with Crippen molar-refractivity contribution in [1.29, 1.82) is 0 Å². The Labute approximate surface area is 202 Å². The van der Waals surface area contributed by atoms with E-state index in [1.807, 2.05) is 5.32 Å². The van der Waals surface area contributed by atoms with E-state index in [9.17, 15) is 47.7 Å². The molecule has 1 aromatic rings. The van der Waals surface area contributed by atoms with Crippen molar-refractivity contribution in [3.63, 3.8) is 0 Å². The van der Waals surface area contributed by atoms with E-state index < -0.39 is 91.9 Å². The normalized spacial score (nSPS) is 24.2. The molecule has 0 unspecified atom stereocenters. The summed E-state index contributed by atoms with van der Waals surface area (Å²) in [7, 11) is -4.18. The summed E-state index contributed by atoms with van der Waals surface area (Å²) in [5.74, 6) is -5.02. The minimum absolute atomic E-state index is 0.218. The van der Waals surface area contributed by atoms with E-state index in [0.717, 1.165) is 24.0 Å². The SMILES string of the molecule is C[C@]1(COC(=O)NCC(=O)CNC(=O)c2ccc(O)c(O)c2Cl)[C@H](C(=O)O)N2C(=O)C[C@H]2S1(=O)=O. The second-order valence-corrected chi connectivity index (χ2v) is 10.9. The van der Waals surface area contributed by atoms with Crippen molar-refractivity contribution in [2.45, 2.75) is 29.5 Å². The number of rotatable bonds is 8. The number of aromatic hydroxyl groups is 2. The number of nitrogens with one attached hydrogen (secondary N) is 2. The maximum atomic E-state index is 12.7. The number of benzene rings is 1. The molecule has 2 heterocycles. The van der Waals surface area contributed by atoms with Crippen molar-refractivity contribution >= 4 is 51.1 Å². The van der Waals surface area contributed by atoms with Gasteiger partial charge in [0.2, 0.25) is 5.91 Å². The summed E-state index contributed by atoms with van der Waals surface area (Å²) in [6, 6.07) is 0.397. The standard InChI is InChI=1S/C19H20ClN3O11S/c1-19(15(17(29)30)23-11(26)4-12(23)35(19,32)33)7-34-18(31)22-6-8(24)5-21-16(28)9-2-3-10(25)14(27)13(9)20/h2-3,12,15,25,27H,4-7H2,1H3,(H,21,28)(H,22,31)(H,29,30)/t12-,15+,19+/m1/s1. The van der Waals surface area contributed by atoms with Crippen LogP contribution in [-0.4, -0.2) is 94.2 Å². The number of carbonyl (C=O) groups is 5. The summed E-state index contributed by atoms with van der Waals surface area (Å²) >= 11 is 5.76. The van der Waals surface area contributed by atoms with Crippen LogP contribution in [-0.2, 0) is 29.0 Å². The lowest BCUT2D eigenvalue weighted by Crippen LogP contribution is -2.58. The number of ketones is 1. The van der Waals surface area contributed by atoms with Crippen LogP contribution in [0.4, 0.5) is 4.79 Å². The minimum atomic E-state index is -4.18. The molecule has 2 aliphatic heterocycles. The highest BCUT2D eigenvalue weighted by Crippen LogP contribution is 2.46. The molecule has 3 atom stereocenters. The zero-order valence-corrected chi connectivity index (χ0v) is 19.6. The molecule has 35 heavy (non-hydrogen) atoms. The van der Waals surface area contributed by atoms with Crippen molar-refractivity contribution in [2.24, 2.45) is 0 Å². The van der Waals surface area contributed by atoms with Crippen LogP contribution >= 0.6 is 11.6 Å². The van der Waals surface area contributed by atoms with Gasteiger partial charge in [-0.2, -0.15) is 0 Å². The molecule has 0 saturated carbocycles. The van der Waals surface area contributed by atoms with Crippen LogP contribution in [0, 0.1) is 0 Å². The number of Topliss-reactive ketones (excluding diaryl/α,β-unsaturated/α-hetero) is 1. The maximum Gasteiger partial charge on any atom is 0.407 e. The Hall–Kier alpha value is -3.59. The Bertz CT molecular complexity index is 1230. The number of carboxylic acids is 1. The van der Waals surface area contributed by atoms with Gasteiger partial charge in [-0.15, -0.1) is 0 Å². The van der Waals surface area contributed by atoms with Gasteiger partial charge in [-0.25, -0.2) is 18.0 Å². The van der Waals surface area contributed by atoms with E-state index in [4.69, 9.17) is 16.3 Å². The minimum Gasteiger partial charge on any atom is -0.504 e. The first kappa shape index (κ1) is 26.0. The third-order valence-electron chi connectivity index (χ3n) is 5.75. The lowest BCUT2D eigenvalue weighted by atomic mass is 9.97. The number of nitrogens with zero attached hydrogens (tertiary/aromatic N) is 1. The first-order valence-corrected chi connectivity index (χ1v) is 11.8. The highest BCUT2D eigenvalue weighted by molar-refractivity contribution is 7.94. The Balaban J connectivity index is 1.52. The van der Waals surface area contributed by atoms with E-state index >= 15 is 0 Å². The number of aliphatic carboxylic acids is 1. The van der Waals surface area contributed by atoms with Crippen molar-refractivity contribution in [1.82, 2.24) is 15.5 Å². The molecule has 0 aliphatic carbocycles. The Morgan fingerprint density at radius 2 is 1.83 bits per heavy atom. The summed E-state index contributed by atoms with van der Waals surface area (Å²) in [6.07, 6.45) is -1.58. The largest absolute Gasteiger partial charge is 0.504 e. The van der Waals surface area contributed by atoms with E-state index in [2.05, 4.69) is 5.32 Å². The predicted octanol–water partition coefficient (Wildman–Crippen LogP) is -1.02. The first-order chi connectivity index (χ1) is 16.2. The molecular weight excluding hydrogens is 514 g/mol. The maximum absolute atomic E-state index is 12.7. The number of fused-ring (bicyclic) bond motifs is 1. The van der Waals surface area contributed by atoms with Crippen LogP contribution < -0.4 is 10.6 Å². The molecule has 0 spiro atoms.